The first-order valence-corrected chi connectivity index (χ1v) is 29.0. The number of carbonyl (C=O) groups is 2. The van der Waals surface area contributed by atoms with E-state index >= 15 is 0 Å². The molecule has 432 valence electrons. The van der Waals surface area contributed by atoms with Crippen molar-refractivity contribution in [1.29, 1.82) is 0 Å². The number of fused-ring (bicyclic) bond motifs is 2. The van der Waals surface area contributed by atoms with E-state index in [-0.39, 0.29) is 11.9 Å². The van der Waals surface area contributed by atoms with Crippen molar-refractivity contribution in [2.45, 2.75) is 109 Å². The number of benzene rings is 4. The van der Waals surface area contributed by atoms with Gasteiger partial charge in [-0.2, -0.15) is 10.2 Å². The third-order valence-electron chi connectivity index (χ3n) is 15.2. The van der Waals surface area contributed by atoms with Crippen molar-refractivity contribution in [2.75, 3.05) is 50.9 Å². The standard InChI is InChI=1S/C32H36N6O3.C25H26N4O2.C8H13NO2/c1-22-20-26(14-15-27(22)40-25-9-4-3-5-10-25)41-28-16-17-33-31-30(28)32(36-35-31)34-23-8-6-19-38(21-23)29(39)11-7-18-37(2)24-12-13-24;1-17-16-20(12-13-21(17)30-19-10-6-3-7-11-19)31-22-14-15-26-24-23(22)25(29-28-24)27-18-8-4-2-5-9-18;1-9(7-4-5-7)6-2-3-8(10)11/h3-5,7,9-11,14-17,20,23-24H,6,8,12-13,18-19,21H2,1-2H3,(H2,33,34,35,36);3,6-7,10-16,18H,2,4-5,8-9H2,1H3,(H2,26,27,28,29);2-3,7H,4-6H2,1H3,(H,10,11)/b11-7+;;3-2+/t23-;;/m1../s1. The van der Waals surface area contributed by atoms with Crippen LogP contribution in [0.15, 0.2) is 146 Å². The molecule has 0 spiro atoms. The minimum absolute atomic E-state index is 0.0633. The zero-order valence-electron chi connectivity index (χ0n) is 47.8. The Bertz CT molecular complexity index is 3480. The molecule has 1 amide bonds. The van der Waals surface area contributed by atoms with Crippen molar-refractivity contribution in [2.24, 2.45) is 0 Å². The van der Waals surface area contributed by atoms with Crippen molar-refractivity contribution in [3.05, 3.63) is 157 Å². The Morgan fingerprint density at radius 2 is 1.05 bits per heavy atom. The number of anilines is 2. The minimum atomic E-state index is -0.866. The number of hydrogen-bond acceptors (Lipinski definition) is 14. The summed E-state index contributed by atoms with van der Waals surface area (Å²) in [6, 6.07) is 36.7. The predicted molar refractivity (Wildman–Crippen MR) is 324 cm³/mol. The van der Waals surface area contributed by atoms with Crippen LogP contribution in [0.1, 0.15) is 81.8 Å². The molecule has 18 heteroatoms. The molecule has 8 aromatic rings. The van der Waals surface area contributed by atoms with E-state index in [0.29, 0.717) is 47.6 Å². The maximum Gasteiger partial charge on any atom is 0.328 e. The number of pyridine rings is 2. The molecule has 5 N–H and O–H groups in total. The molecule has 5 heterocycles. The topological polar surface area (TPSA) is 208 Å². The Morgan fingerprint density at radius 3 is 1.53 bits per heavy atom. The van der Waals surface area contributed by atoms with Gasteiger partial charge in [0.2, 0.25) is 5.91 Å². The van der Waals surface area contributed by atoms with Gasteiger partial charge < -0.3 is 39.6 Å². The van der Waals surface area contributed by atoms with E-state index in [9.17, 15) is 9.59 Å². The number of nitrogens with zero attached hydrogens (tertiary/aromatic N) is 7. The molecule has 0 radical (unpaired) electrons. The van der Waals surface area contributed by atoms with Gasteiger partial charge in [0.05, 0.1) is 0 Å². The Balaban J connectivity index is 0.000000161. The third-order valence-corrected chi connectivity index (χ3v) is 15.2. The molecule has 12 rings (SSSR count). The van der Waals surface area contributed by atoms with Crippen LogP contribution in [0.2, 0.25) is 0 Å². The smallest absolute Gasteiger partial charge is 0.328 e. The van der Waals surface area contributed by atoms with Crippen LogP contribution in [0.4, 0.5) is 11.6 Å². The van der Waals surface area contributed by atoms with Crippen molar-refractivity contribution in [3.63, 3.8) is 0 Å². The quantitative estimate of drug-likeness (QED) is 0.0450. The summed E-state index contributed by atoms with van der Waals surface area (Å²) in [4.78, 5) is 38.2. The Hall–Kier alpha value is -8.74. The number of likely N-dealkylation sites (N-methyl/N-ethyl adjacent to an activating group) is 2. The van der Waals surface area contributed by atoms with Crippen LogP contribution >= 0.6 is 0 Å². The highest BCUT2D eigenvalue weighted by atomic mass is 16.5. The maximum atomic E-state index is 12.9. The second-order valence-corrected chi connectivity index (χ2v) is 21.8. The number of nitrogens with one attached hydrogen (secondary N) is 4. The first-order valence-electron chi connectivity index (χ1n) is 29.0. The van der Waals surface area contributed by atoms with Gasteiger partial charge in [-0.05, 0) is 151 Å². The summed E-state index contributed by atoms with van der Waals surface area (Å²) < 4.78 is 24.6. The Morgan fingerprint density at radius 1 is 0.578 bits per heavy atom. The van der Waals surface area contributed by atoms with Crippen molar-refractivity contribution < 1.29 is 33.6 Å². The van der Waals surface area contributed by atoms with Crippen molar-refractivity contribution >= 4 is 45.6 Å². The lowest BCUT2D eigenvalue weighted by atomic mass is 9.95. The number of likely N-dealkylation sites (tertiary alicyclic amines) is 1. The number of aromatic amines is 2. The van der Waals surface area contributed by atoms with E-state index in [2.05, 4.69) is 57.8 Å². The second kappa shape index (κ2) is 27.8. The van der Waals surface area contributed by atoms with Gasteiger partial charge in [-0.15, -0.1) is 0 Å². The van der Waals surface area contributed by atoms with Gasteiger partial charge in [0.1, 0.15) is 56.8 Å². The number of amides is 1. The van der Waals surface area contributed by atoms with Crippen LogP contribution in [-0.2, 0) is 9.59 Å². The van der Waals surface area contributed by atoms with Gasteiger partial charge in [-0.3, -0.25) is 24.8 Å². The van der Waals surface area contributed by atoms with Crippen LogP contribution in [0.3, 0.4) is 0 Å². The average Bonchev–Trinajstić information content (AvgIpc) is 4.65. The summed E-state index contributed by atoms with van der Waals surface area (Å²) in [5.74, 6) is 6.67. The number of para-hydroxylation sites is 2. The molecule has 83 heavy (non-hydrogen) atoms. The fraction of sp³-hybridized carbons (Fsp3) is 0.354. The van der Waals surface area contributed by atoms with E-state index in [1.165, 1.54) is 63.9 Å². The molecular formula is C65H75N11O7. The lowest BCUT2D eigenvalue weighted by Crippen LogP contribution is -2.44. The first-order chi connectivity index (χ1) is 40.5. The van der Waals surface area contributed by atoms with Gasteiger partial charge in [0.25, 0.3) is 0 Å². The van der Waals surface area contributed by atoms with Gasteiger partial charge in [0, 0.05) is 87.0 Å². The minimum Gasteiger partial charge on any atom is -0.478 e. The van der Waals surface area contributed by atoms with Gasteiger partial charge >= 0.3 is 5.97 Å². The highest BCUT2D eigenvalue weighted by molar-refractivity contribution is 5.94. The number of aryl methyl sites for hydroxylation is 2. The summed E-state index contributed by atoms with van der Waals surface area (Å²) in [5.41, 5.74) is 3.32. The van der Waals surface area contributed by atoms with Crippen LogP contribution in [-0.4, -0.2) is 126 Å². The molecule has 1 atom stereocenters. The molecule has 3 saturated carbocycles. The summed E-state index contributed by atoms with van der Waals surface area (Å²) in [7, 11) is 4.13. The van der Waals surface area contributed by atoms with E-state index in [0.717, 1.165) is 100 Å². The third kappa shape index (κ3) is 16.3. The molecule has 4 aromatic carbocycles. The molecule has 3 aliphatic carbocycles. The molecule has 0 bridgehead atoms. The predicted octanol–water partition coefficient (Wildman–Crippen LogP) is 13.2. The van der Waals surface area contributed by atoms with E-state index < -0.39 is 5.97 Å². The number of aromatic nitrogens is 6. The first kappa shape index (κ1) is 57.5. The number of piperidine rings is 1. The summed E-state index contributed by atoms with van der Waals surface area (Å²) in [6.07, 6.45) is 23.1. The Kier molecular flexibility index (Phi) is 19.3. The summed E-state index contributed by atoms with van der Waals surface area (Å²) >= 11 is 0. The van der Waals surface area contributed by atoms with Crippen LogP contribution in [0, 0.1) is 13.8 Å². The van der Waals surface area contributed by atoms with Gasteiger partial charge in [-0.1, -0.05) is 67.8 Å². The van der Waals surface area contributed by atoms with Crippen LogP contribution in [0.5, 0.6) is 46.0 Å². The molecule has 0 unspecified atom stereocenters. The molecule has 18 nitrogen and oxygen atoms in total. The normalized spacial score (nSPS) is 16.4. The number of rotatable bonds is 20. The molecule has 1 saturated heterocycles. The number of carboxylic acids is 1. The number of aliphatic carboxylic acids is 1. The Labute approximate surface area is 484 Å². The lowest BCUT2D eigenvalue weighted by molar-refractivity contribution is -0.131. The lowest BCUT2D eigenvalue weighted by Gasteiger charge is -2.32. The monoisotopic (exact) mass is 1120 g/mol. The van der Waals surface area contributed by atoms with E-state index in [1.807, 2.05) is 141 Å². The van der Waals surface area contributed by atoms with Crippen molar-refractivity contribution in [1.82, 2.24) is 45.1 Å². The average molecular weight is 1120 g/mol. The van der Waals surface area contributed by atoms with Gasteiger partial charge in [-0.25, -0.2) is 14.8 Å². The largest absolute Gasteiger partial charge is 0.478 e. The fourth-order valence-corrected chi connectivity index (χ4v) is 10.3. The van der Waals surface area contributed by atoms with Gasteiger partial charge in [0.15, 0.2) is 22.9 Å². The molecule has 4 aliphatic rings. The number of hydrogen-bond donors (Lipinski definition) is 5. The number of H-pyrrole nitrogens is 2. The van der Waals surface area contributed by atoms with E-state index in [1.54, 1.807) is 24.5 Å². The fourth-order valence-electron chi connectivity index (χ4n) is 10.3. The SMILES string of the molecule is CN(C/C=C/C(=O)O)C1CC1.Cc1cc(Oc2ccnc3[nH]nc(NC4CCCCC4)c23)ccc1Oc1ccccc1.Cc1cc(Oc2ccnc3[nH]nc(N[C@@H]4CCCN(C(=O)/C=C/CN(C)C5CC5)C4)c23)ccc1Oc1ccccc1. The zero-order chi connectivity index (χ0) is 57.5. The summed E-state index contributed by atoms with van der Waals surface area (Å²) in [5, 5.41) is 32.1. The molecule has 1 aliphatic heterocycles. The zero-order valence-corrected chi connectivity index (χ0v) is 47.8. The second-order valence-electron chi connectivity index (χ2n) is 21.8. The van der Waals surface area contributed by atoms with E-state index in [4.69, 9.17) is 24.1 Å². The number of carbonyl (C=O) groups excluding carboxylic acids is 1. The summed E-state index contributed by atoms with van der Waals surface area (Å²) in [6.45, 7) is 6.95. The van der Waals surface area contributed by atoms with Crippen LogP contribution in [0.25, 0.3) is 22.1 Å². The highest BCUT2D eigenvalue weighted by Crippen LogP contribution is 2.38. The number of carboxylic acid groups (broad SMARTS) is 1. The maximum absolute atomic E-state index is 12.9. The number of ether oxygens (including phenoxy) is 4. The highest BCUT2D eigenvalue weighted by Gasteiger charge is 2.28. The molecular weight excluding hydrogens is 1050 g/mol. The molecule has 4 aromatic heterocycles. The van der Waals surface area contributed by atoms with Crippen LogP contribution < -0.4 is 29.6 Å². The molecule has 4 fully saturated rings. The van der Waals surface area contributed by atoms with Crippen molar-refractivity contribution in [3.8, 4) is 46.0 Å².